The molecule has 36 heavy (non-hydrogen) atoms. The zero-order valence-corrected chi connectivity index (χ0v) is 20.1. The number of nitrogens with zero attached hydrogens (tertiary/aromatic N) is 4. The number of carbonyl (C=O) groups excluding carboxylic acids is 2. The molecule has 1 aromatic carbocycles. The number of rotatable bonds is 8. The van der Waals surface area contributed by atoms with Crippen molar-refractivity contribution in [1.29, 1.82) is 0 Å². The van der Waals surface area contributed by atoms with Gasteiger partial charge in [-0.3, -0.25) is 14.6 Å². The highest BCUT2D eigenvalue weighted by Gasteiger charge is 2.29. The molecule has 0 saturated heterocycles. The number of aryl methyl sites for hydroxylation is 2. The first kappa shape index (κ1) is 23.3. The van der Waals surface area contributed by atoms with Gasteiger partial charge in [-0.15, -0.1) is 0 Å². The van der Waals surface area contributed by atoms with Crippen LogP contribution in [0.2, 0.25) is 0 Å². The van der Waals surface area contributed by atoms with Gasteiger partial charge >= 0.3 is 0 Å². The number of benzene rings is 1. The third-order valence-corrected chi connectivity index (χ3v) is 5.99. The van der Waals surface area contributed by atoms with Crippen LogP contribution in [0, 0.1) is 12.8 Å². The van der Waals surface area contributed by atoms with E-state index < -0.39 is 0 Å². The topological polar surface area (TPSA) is 123 Å². The van der Waals surface area contributed by atoms with E-state index in [1.165, 1.54) is 6.33 Å². The maximum absolute atomic E-state index is 12.7. The lowest BCUT2D eigenvalue weighted by Gasteiger charge is -2.11. The Kier molecular flexibility index (Phi) is 6.53. The van der Waals surface area contributed by atoms with E-state index in [0.29, 0.717) is 23.0 Å². The Morgan fingerprint density at radius 2 is 1.86 bits per heavy atom. The monoisotopic (exact) mass is 482 g/mol. The number of pyridine rings is 1. The van der Waals surface area contributed by atoms with Gasteiger partial charge in [0.15, 0.2) is 5.69 Å². The van der Waals surface area contributed by atoms with E-state index in [0.717, 1.165) is 47.9 Å². The predicted molar refractivity (Wildman–Crippen MR) is 135 cm³/mol. The number of aromatic nitrogens is 4. The molecule has 0 unspecified atom stereocenters. The van der Waals surface area contributed by atoms with Gasteiger partial charge in [0, 0.05) is 53.7 Å². The van der Waals surface area contributed by atoms with Crippen LogP contribution in [0.3, 0.4) is 0 Å². The summed E-state index contributed by atoms with van der Waals surface area (Å²) in [6.07, 6.45) is 8.41. The van der Waals surface area contributed by atoms with Crippen molar-refractivity contribution in [3.63, 3.8) is 0 Å². The van der Waals surface area contributed by atoms with Gasteiger partial charge in [-0.05, 0) is 55.5 Å². The molecule has 0 bridgehead atoms. The maximum Gasteiger partial charge on any atom is 0.277 e. The van der Waals surface area contributed by atoms with Crippen LogP contribution < -0.4 is 10.6 Å². The Morgan fingerprint density at radius 1 is 1.03 bits per heavy atom. The van der Waals surface area contributed by atoms with Crippen molar-refractivity contribution in [1.82, 2.24) is 20.1 Å². The molecule has 1 aliphatic carbocycles. The summed E-state index contributed by atoms with van der Waals surface area (Å²) in [6, 6.07) is 11.1. The molecule has 3 heterocycles. The highest BCUT2D eigenvalue weighted by molar-refractivity contribution is 6.03. The summed E-state index contributed by atoms with van der Waals surface area (Å²) >= 11 is 0. The zero-order chi connectivity index (χ0) is 25.1. The van der Waals surface area contributed by atoms with Crippen LogP contribution in [0.25, 0.3) is 22.4 Å². The molecular weight excluding hydrogens is 456 g/mol. The van der Waals surface area contributed by atoms with E-state index >= 15 is 0 Å². The smallest absolute Gasteiger partial charge is 0.277 e. The van der Waals surface area contributed by atoms with E-state index in [-0.39, 0.29) is 23.4 Å². The van der Waals surface area contributed by atoms with Gasteiger partial charge in [-0.25, -0.2) is 9.97 Å². The fourth-order valence-electron chi connectivity index (χ4n) is 3.87. The van der Waals surface area contributed by atoms with Gasteiger partial charge in [0.25, 0.3) is 5.91 Å². The van der Waals surface area contributed by atoms with Crippen molar-refractivity contribution < 1.29 is 14.1 Å². The van der Waals surface area contributed by atoms with Crippen molar-refractivity contribution in [2.45, 2.75) is 39.5 Å². The number of anilines is 2. The zero-order valence-electron chi connectivity index (χ0n) is 20.1. The fraction of sp³-hybridized carbons (Fsp3) is 0.259. The van der Waals surface area contributed by atoms with E-state index in [9.17, 15) is 9.59 Å². The Morgan fingerprint density at radius 3 is 2.67 bits per heavy atom. The third-order valence-electron chi connectivity index (χ3n) is 5.99. The minimum Gasteiger partial charge on any atom is -0.361 e. The largest absolute Gasteiger partial charge is 0.361 e. The van der Waals surface area contributed by atoms with Crippen molar-refractivity contribution >= 4 is 23.3 Å². The van der Waals surface area contributed by atoms with Gasteiger partial charge in [-0.2, -0.15) is 0 Å². The van der Waals surface area contributed by atoms with Gasteiger partial charge in [0.2, 0.25) is 5.91 Å². The Hall–Kier alpha value is -4.40. The molecule has 1 fully saturated rings. The highest BCUT2D eigenvalue weighted by Crippen LogP contribution is 2.31. The minimum atomic E-state index is -0.329. The second-order valence-electron chi connectivity index (χ2n) is 8.93. The summed E-state index contributed by atoms with van der Waals surface area (Å²) in [5.74, 6) is 0.915. The first-order chi connectivity index (χ1) is 17.5. The Labute approximate surface area is 208 Å². The van der Waals surface area contributed by atoms with E-state index in [4.69, 9.17) is 4.52 Å². The van der Waals surface area contributed by atoms with Crippen LogP contribution in [0.4, 0.5) is 11.5 Å². The lowest BCUT2D eigenvalue weighted by molar-refractivity contribution is -0.117. The summed E-state index contributed by atoms with van der Waals surface area (Å²) < 4.78 is 5.22. The number of hydrogen-bond acceptors (Lipinski definition) is 7. The van der Waals surface area contributed by atoms with Crippen molar-refractivity contribution in [2.75, 3.05) is 10.6 Å². The first-order valence-corrected chi connectivity index (χ1v) is 12.0. The molecule has 3 aromatic heterocycles. The SMILES string of the molecule is CCCc1cc(C(=O)Nc2ccc(C)c(-c3cncc(-c4cc(NC(=O)C5CC5)ncn4)c3)c2)no1. The second-order valence-corrected chi connectivity index (χ2v) is 8.93. The van der Waals surface area contributed by atoms with Crippen LogP contribution in [0.5, 0.6) is 0 Å². The molecule has 0 spiro atoms. The molecule has 2 amide bonds. The van der Waals surface area contributed by atoms with Crippen molar-refractivity contribution in [3.05, 3.63) is 72.1 Å². The van der Waals surface area contributed by atoms with Crippen LogP contribution in [0.15, 0.2) is 59.6 Å². The number of amides is 2. The maximum atomic E-state index is 12.7. The summed E-state index contributed by atoms with van der Waals surface area (Å²) in [5, 5.41) is 9.63. The molecule has 5 rings (SSSR count). The van der Waals surface area contributed by atoms with Crippen molar-refractivity contribution in [3.8, 4) is 22.4 Å². The lowest BCUT2D eigenvalue weighted by atomic mass is 9.99. The Bertz CT molecular complexity index is 1430. The average Bonchev–Trinajstić information content (AvgIpc) is 3.64. The van der Waals surface area contributed by atoms with Crippen molar-refractivity contribution in [2.24, 2.45) is 5.92 Å². The summed E-state index contributed by atoms with van der Waals surface area (Å²) in [4.78, 5) is 37.7. The average molecular weight is 483 g/mol. The predicted octanol–water partition coefficient (Wildman–Crippen LogP) is 5.06. The molecule has 9 nitrogen and oxygen atoms in total. The van der Waals surface area contributed by atoms with Crippen LogP contribution in [-0.4, -0.2) is 31.9 Å². The lowest BCUT2D eigenvalue weighted by Crippen LogP contribution is -2.14. The molecule has 1 saturated carbocycles. The normalized spacial score (nSPS) is 12.8. The number of hydrogen-bond donors (Lipinski definition) is 2. The van der Waals surface area contributed by atoms with Crippen LogP contribution in [-0.2, 0) is 11.2 Å². The summed E-state index contributed by atoms with van der Waals surface area (Å²) in [6.45, 7) is 4.04. The van der Waals surface area contributed by atoms with E-state index in [1.54, 1.807) is 24.5 Å². The fourth-order valence-corrected chi connectivity index (χ4v) is 3.87. The van der Waals surface area contributed by atoms with E-state index in [1.807, 2.05) is 38.1 Å². The Balaban J connectivity index is 1.37. The molecule has 4 aromatic rings. The van der Waals surface area contributed by atoms with E-state index in [2.05, 4.69) is 30.7 Å². The molecule has 9 heteroatoms. The molecule has 182 valence electrons. The third kappa shape index (κ3) is 5.30. The minimum absolute atomic E-state index is 0.00628. The molecule has 0 aliphatic heterocycles. The highest BCUT2D eigenvalue weighted by atomic mass is 16.5. The van der Waals surface area contributed by atoms with Gasteiger partial charge in [0.05, 0.1) is 5.69 Å². The molecule has 2 N–H and O–H groups in total. The quantitative estimate of drug-likeness (QED) is 0.360. The number of carbonyl (C=O) groups is 2. The second kappa shape index (κ2) is 10.1. The van der Waals surface area contributed by atoms with Gasteiger partial charge in [0.1, 0.15) is 17.9 Å². The molecular formula is C27H26N6O3. The first-order valence-electron chi connectivity index (χ1n) is 12.0. The van der Waals surface area contributed by atoms with Crippen LogP contribution in [0.1, 0.15) is 48.0 Å². The van der Waals surface area contributed by atoms with Gasteiger partial charge in [-0.1, -0.05) is 18.1 Å². The van der Waals surface area contributed by atoms with Crippen LogP contribution >= 0.6 is 0 Å². The molecule has 1 aliphatic rings. The standard InChI is InChI=1S/C27H26N6O3/c1-3-4-21-11-24(33-36-21)27(35)31-20-8-5-16(2)22(10-20)18-9-19(14-28-13-18)23-12-25(30-15-29-23)32-26(34)17-6-7-17/h5,8-15,17H,3-4,6-7H2,1-2H3,(H,31,35)(H,29,30,32,34). The van der Waals surface area contributed by atoms with Gasteiger partial charge < -0.3 is 15.2 Å². The molecule has 0 radical (unpaired) electrons. The summed E-state index contributed by atoms with van der Waals surface area (Å²) in [5.41, 5.74) is 5.15. The summed E-state index contributed by atoms with van der Waals surface area (Å²) in [7, 11) is 0. The number of nitrogens with one attached hydrogen (secondary N) is 2. The molecule has 0 atom stereocenters.